The Morgan fingerprint density at radius 1 is 1.53 bits per heavy atom. The molecular formula is C11H17NO3S2. The molecule has 1 aliphatic rings. The molecule has 1 N–H and O–H groups in total. The molecule has 96 valence electrons. The van der Waals surface area contributed by atoms with Gasteiger partial charge < -0.3 is 5.11 Å². The summed E-state index contributed by atoms with van der Waals surface area (Å²) in [7, 11) is -1.78. The van der Waals surface area contributed by atoms with Crippen LogP contribution in [0.5, 0.6) is 0 Å². The molecule has 0 amide bonds. The molecular weight excluding hydrogens is 258 g/mol. The molecule has 1 aromatic heterocycles. The molecule has 0 aliphatic heterocycles. The zero-order chi connectivity index (χ0) is 12.5. The Bertz CT molecular complexity index is 455. The standard InChI is InChI=1S/C11H17NO3S2/c1-12(8-9-4-2-5-10(9)13)17(14,15)11-6-3-7-16-11/h3,6-7,9-10,13H,2,4-5,8H2,1H3. The summed E-state index contributed by atoms with van der Waals surface area (Å²) in [4.78, 5) is 0. The molecule has 0 radical (unpaired) electrons. The Morgan fingerprint density at radius 2 is 2.29 bits per heavy atom. The molecule has 1 aromatic rings. The number of hydrogen-bond acceptors (Lipinski definition) is 4. The van der Waals surface area contributed by atoms with Crippen LogP contribution in [0.3, 0.4) is 0 Å². The molecule has 1 aliphatic carbocycles. The lowest BCUT2D eigenvalue weighted by molar-refractivity contribution is 0.123. The minimum atomic E-state index is -3.37. The van der Waals surface area contributed by atoms with Crippen molar-refractivity contribution in [3.8, 4) is 0 Å². The van der Waals surface area contributed by atoms with Gasteiger partial charge in [-0.2, -0.15) is 4.31 Å². The number of nitrogens with zero attached hydrogens (tertiary/aromatic N) is 1. The fourth-order valence-corrected chi connectivity index (χ4v) is 4.65. The van der Waals surface area contributed by atoms with Crippen molar-refractivity contribution in [3.63, 3.8) is 0 Å². The van der Waals surface area contributed by atoms with E-state index in [0.29, 0.717) is 10.8 Å². The largest absolute Gasteiger partial charge is 0.393 e. The average molecular weight is 275 g/mol. The molecule has 1 heterocycles. The summed E-state index contributed by atoms with van der Waals surface area (Å²) in [5.74, 6) is 0.0785. The van der Waals surface area contributed by atoms with E-state index in [1.165, 1.54) is 15.6 Å². The number of thiophene rings is 1. The van der Waals surface area contributed by atoms with E-state index in [9.17, 15) is 13.5 Å². The molecule has 2 rings (SSSR count). The first-order valence-electron chi connectivity index (χ1n) is 5.69. The summed E-state index contributed by atoms with van der Waals surface area (Å²) in [6.45, 7) is 0.404. The van der Waals surface area contributed by atoms with Gasteiger partial charge in [0.15, 0.2) is 0 Å². The van der Waals surface area contributed by atoms with E-state index in [4.69, 9.17) is 0 Å². The van der Waals surface area contributed by atoms with Gasteiger partial charge in [0.25, 0.3) is 10.0 Å². The Hall–Kier alpha value is -0.430. The fourth-order valence-electron chi connectivity index (χ4n) is 2.22. The van der Waals surface area contributed by atoms with E-state index >= 15 is 0 Å². The van der Waals surface area contributed by atoms with Crippen LogP contribution in [0.15, 0.2) is 21.7 Å². The second-order valence-electron chi connectivity index (χ2n) is 4.48. The predicted molar refractivity (Wildman–Crippen MR) is 67.5 cm³/mol. The normalized spacial score (nSPS) is 25.6. The summed E-state index contributed by atoms with van der Waals surface area (Å²) in [6, 6.07) is 3.34. The second-order valence-corrected chi connectivity index (χ2v) is 7.70. The van der Waals surface area contributed by atoms with Crippen molar-refractivity contribution in [1.29, 1.82) is 0 Å². The first kappa shape index (κ1) is 13.0. The average Bonchev–Trinajstić information content (AvgIpc) is 2.90. The Kier molecular flexibility index (Phi) is 3.87. The second kappa shape index (κ2) is 5.06. The SMILES string of the molecule is CN(CC1CCCC1O)S(=O)(=O)c1cccs1. The van der Waals surface area contributed by atoms with Gasteiger partial charge in [-0.15, -0.1) is 11.3 Å². The Labute approximate surface area is 106 Å². The number of sulfonamides is 1. The number of aliphatic hydroxyl groups excluding tert-OH is 1. The first-order valence-corrected chi connectivity index (χ1v) is 8.01. The maximum atomic E-state index is 12.1. The Balaban J connectivity index is 2.07. The number of hydrogen-bond donors (Lipinski definition) is 1. The van der Waals surface area contributed by atoms with Gasteiger partial charge in [-0.1, -0.05) is 12.5 Å². The first-order chi connectivity index (χ1) is 8.01. The quantitative estimate of drug-likeness (QED) is 0.906. The van der Waals surface area contributed by atoms with Gasteiger partial charge in [0.1, 0.15) is 4.21 Å². The maximum absolute atomic E-state index is 12.1. The summed E-state index contributed by atoms with van der Waals surface area (Å²) in [6.07, 6.45) is 2.33. The number of rotatable bonds is 4. The third-order valence-electron chi connectivity index (χ3n) is 3.27. The Morgan fingerprint density at radius 3 is 2.82 bits per heavy atom. The zero-order valence-corrected chi connectivity index (χ0v) is 11.4. The highest BCUT2D eigenvalue weighted by Gasteiger charge is 2.30. The molecule has 0 spiro atoms. The molecule has 4 nitrogen and oxygen atoms in total. The van der Waals surface area contributed by atoms with E-state index in [2.05, 4.69) is 0 Å². The van der Waals surface area contributed by atoms with E-state index in [-0.39, 0.29) is 12.0 Å². The van der Waals surface area contributed by atoms with Gasteiger partial charge in [0, 0.05) is 13.6 Å². The van der Waals surface area contributed by atoms with Gasteiger partial charge in [0.2, 0.25) is 0 Å². The molecule has 1 saturated carbocycles. The van der Waals surface area contributed by atoms with Gasteiger partial charge in [-0.05, 0) is 30.2 Å². The zero-order valence-electron chi connectivity index (χ0n) is 9.74. The smallest absolute Gasteiger partial charge is 0.252 e. The topological polar surface area (TPSA) is 57.6 Å². The summed E-state index contributed by atoms with van der Waals surface area (Å²) in [5.41, 5.74) is 0. The van der Waals surface area contributed by atoms with Gasteiger partial charge in [0.05, 0.1) is 6.10 Å². The lowest BCUT2D eigenvalue weighted by Gasteiger charge is -2.22. The van der Waals surface area contributed by atoms with Gasteiger partial charge in [-0.25, -0.2) is 8.42 Å². The van der Waals surface area contributed by atoms with Crippen LogP contribution in [0.25, 0.3) is 0 Å². The van der Waals surface area contributed by atoms with E-state index < -0.39 is 10.0 Å². The van der Waals surface area contributed by atoms with Crippen molar-refractivity contribution >= 4 is 21.4 Å². The summed E-state index contributed by atoms with van der Waals surface area (Å²) >= 11 is 1.22. The van der Waals surface area contributed by atoms with Gasteiger partial charge in [-0.3, -0.25) is 0 Å². The van der Waals surface area contributed by atoms with Crippen LogP contribution in [-0.2, 0) is 10.0 Å². The third-order valence-corrected chi connectivity index (χ3v) is 6.47. The van der Waals surface area contributed by atoms with E-state index in [0.717, 1.165) is 19.3 Å². The van der Waals surface area contributed by atoms with Crippen molar-refractivity contribution in [1.82, 2.24) is 4.31 Å². The van der Waals surface area contributed by atoms with Crippen LogP contribution >= 0.6 is 11.3 Å². The van der Waals surface area contributed by atoms with Crippen LogP contribution in [0.2, 0.25) is 0 Å². The molecule has 1 fully saturated rings. The van der Waals surface area contributed by atoms with E-state index in [1.54, 1.807) is 24.6 Å². The minimum Gasteiger partial charge on any atom is -0.393 e. The van der Waals surface area contributed by atoms with Crippen LogP contribution in [0.4, 0.5) is 0 Å². The van der Waals surface area contributed by atoms with Crippen LogP contribution in [0.1, 0.15) is 19.3 Å². The van der Waals surface area contributed by atoms with Crippen molar-refractivity contribution in [2.45, 2.75) is 29.6 Å². The predicted octanol–water partition coefficient (Wildman–Crippen LogP) is 1.53. The highest BCUT2D eigenvalue weighted by molar-refractivity contribution is 7.91. The monoisotopic (exact) mass is 275 g/mol. The van der Waals surface area contributed by atoms with Gasteiger partial charge >= 0.3 is 0 Å². The summed E-state index contributed by atoms with van der Waals surface area (Å²) in [5, 5.41) is 11.5. The molecule has 2 atom stereocenters. The lowest BCUT2D eigenvalue weighted by atomic mass is 10.1. The van der Waals surface area contributed by atoms with Crippen molar-refractivity contribution in [2.75, 3.05) is 13.6 Å². The fraction of sp³-hybridized carbons (Fsp3) is 0.636. The maximum Gasteiger partial charge on any atom is 0.252 e. The van der Waals surface area contributed by atoms with Crippen LogP contribution in [-0.4, -0.2) is 37.5 Å². The van der Waals surface area contributed by atoms with Crippen LogP contribution in [0, 0.1) is 5.92 Å². The molecule has 0 bridgehead atoms. The molecule has 17 heavy (non-hydrogen) atoms. The highest BCUT2D eigenvalue weighted by Crippen LogP contribution is 2.28. The highest BCUT2D eigenvalue weighted by atomic mass is 32.2. The van der Waals surface area contributed by atoms with Crippen LogP contribution < -0.4 is 0 Å². The summed E-state index contributed by atoms with van der Waals surface area (Å²) < 4.78 is 26.0. The molecule has 2 unspecified atom stereocenters. The molecule has 6 heteroatoms. The van der Waals surface area contributed by atoms with E-state index in [1.807, 2.05) is 0 Å². The minimum absolute atomic E-state index is 0.0785. The molecule has 0 aromatic carbocycles. The van der Waals surface area contributed by atoms with Crippen molar-refractivity contribution in [3.05, 3.63) is 17.5 Å². The van der Waals surface area contributed by atoms with Crippen molar-refractivity contribution in [2.24, 2.45) is 5.92 Å². The number of aliphatic hydroxyl groups is 1. The van der Waals surface area contributed by atoms with Crippen molar-refractivity contribution < 1.29 is 13.5 Å². The molecule has 0 saturated heterocycles. The third kappa shape index (κ3) is 2.70. The lowest BCUT2D eigenvalue weighted by Crippen LogP contribution is -2.34.